The Labute approximate surface area is 129 Å². The zero-order valence-electron chi connectivity index (χ0n) is 12.3. The van der Waals surface area contributed by atoms with Gasteiger partial charge in [0.2, 0.25) is 0 Å². The highest BCUT2D eigenvalue weighted by atomic mass is 19.1. The van der Waals surface area contributed by atoms with E-state index in [1.165, 1.54) is 6.07 Å². The molecule has 0 aliphatic carbocycles. The van der Waals surface area contributed by atoms with Crippen molar-refractivity contribution in [2.75, 3.05) is 6.61 Å². The topological polar surface area (TPSA) is 26.3 Å². The fourth-order valence-corrected chi connectivity index (χ4v) is 1.98. The SMILES string of the molecule is CCOC(=O)/C(=C/C=C/c1ccccc1)c1ccccc1F. The van der Waals surface area contributed by atoms with Gasteiger partial charge in [0.15, 0.2) is 0 Å². The molecule has 0 aromatic heterocycles. The van der Waals surface area contributed by atoms with Gasteiger partial charge in [0, 0.05) is 5.56 Å². The maximum Gasteiger partial charge on any atom is 0.338 e. The van der Waals surface area contributed by atoms with Crippen LogP contribution in [0.3, 0.4) is 0 Å². The number of ether oxygens (including phenoxy) is 1. The van der Waals surface area contributed by atoms with E-state index in [2.05, 4.69) is 0 Å². The van der Waals surface area contributed by atoms with Crippen LogP contribution in [0.5, 0.6) is 0 Å². The normalized spacial score (nSPS) is 11.6. The van der Waals surface area contributed by atoms with Gasteiger partial charge in [-0.05, 0) is 24.6 Å². The molecule has 0 atom stereocenters. The third kappa shape index (κ3) is 4.16. The molecular weight excluding hydrogens is 279 g/mol. The molecular formula is C19H17FO2. The number of benzene rings is 2. The predicted molar refractivity (Wildman–Crippen MR) is 86.5 cm³/mol. The molecule has 0 aliphatic heterocycles. The highest BCUT2D eigenvalue weighted by Gasteiger charge is 2.15. The zero-order chi connectivity index (χ0) is 15.8. The van der Waals surface area contributed by atoms with Crippen LogP contribution in [0.4, 0.5) is 4.39 Å². The number of esters is 1. The maximum atomic E-state index is 13.9. The highest BCUT2D eigenvalue weighted by molar-refractivity contribution is 6.17. The number of hydrogen-bond acceptors (Lipinski definition) is 2. The molecule has 0 heterocycles. The van der Waals surface area contributed by atoms with Crippen LogP contribution in [0, 0.1) is 5.82 Å². The lowest BCUT2D eigenvalue weighted by molar-refractivity contribution is -0.136. The summed E-state index contributed by atoms with van der Waals surface area (Å²) in [5.41, 5.74) is 1.43. The van der Waals surface area contributed by atoms with E-state index in [1.807, 2.05) is 36.4 Å². The van der Waals surface area contributed by atoms with Gasteiger partial charge in [0.05, 0.1) is 12.2 Å². The van der Waals surface area contributed by atoms with Gasteiger partial charge in [-0.2, -0.15) is 0 Å². The van der Waals surface area contributed by atoms with Gasteiger partial charge >= 0.3 is 5.97 Å². The predicted octanol–water partition coefficient (Wildman–Crippen LogP) is 4.49. The number of allylic oxidation sites excluding steroid dienone is 2. The Morgan fingerprint density at radius 2 is 1.77 bits per heavy atom. The van der Waals surface area contributed by atoms with E-state index >= 15 is 0 Å². The minimum absolute atomic E-state index is 0.201. The van der Waals surface area contributed by atoms with Gasteiger partial charge in [-0.1, -0.05) is 60.7 Å². The average molecular weight is 296 g/mol. The second-order valence-electron chi connectivity index (χ2n) is 4.55. The van der Waals surface area contributed by atoms with E-state index in [9.17, 15) is 9.18 Å². The van der Waals surface area contributed by atoms with E-state index in [0.29, 0.717) is 0 Å². The van der Waals surface area contributed by atoms with E-state index in [-0.39, 0.29) is 17.7 Å². The van der Waals surface area contributed by atoms with Crippen LogP contribution in [-0.4, -0.2) is 12.6 Å². The molecule has 0 N–H and O–H groups in total. The Kier molecular flexibility index (Phi) is 5.66. The summed E-state index contributed by atoms with van der Waals surface area (Å²) in [6.07, 6.45) is 5.14. The Bertz CT molecular complexity index is 688. The van der Waals surface area contributed by atoms with Crippen molar-refractivity contribution in [2.45, 2.75) is 6.92 Å². The Hall–Kier alpha value is -2.68. The lowest BCUT2D eigenvalue weighted by Crippen LogP contribution is -2.08. The molecule has 0 saturated carbocycles. The summed E-state index contributed by atoms with van der Waals surface area (Å²) in [6.45, 7) is 1.96. The molecule has 0 amide bonds. The molecule has 0 aliphatic rings. The monoisotopic (exact) mass is 296 g/mol. The van der Waals surface area contributed by atoms with Crippen molar-refractivity contribution in [3.8, 4) is 0 Å². The fraction of sp³-hybridized carbons (Fsp3) is 0.105. The van der Waals surface area contributed by atoms with Crippen molar-refractivity contribution in [1.82, 2.24) is 0 Å². The Balaban J connectivity index is 2.32. The second kappa shape index (κ2) is 7.93. The van der Waals surface area contributed by atoms with Crippen LogP contribution < -0.4 is 0 Å². The second-order valence-corrected chi connectivity index (χ2v) is 4.55. The first-order valence-corrected chi connectivity index (χ1v) is 7.08. The molecule has 2 nitrogen and oxygen atoms in total. The summed E-state index contributed by atoms with van der Waals surface area (Å²) < 4.78 is 18.9. The summed E-state index contributed by atoms with van der Waals surface area (Å²) in [4.78, 5) is 12.0. The maximum absolute atomic E-state index is 13.9. The van der Waals surface area contributed by atoms with E-state index in [0.717, 1.165) is 5.56 Å². The number of hydrogen-bond donors (Lipinski definition) is 0. The number of carbonyl (C=O) groups excluding carboxylic acids is 1. The molecule has 0 saturated heterocycles. The number of halogens is 1. The molecule has 3 heteroatoms. The first-order valence-electron chi connectivity index (χ1n) is 7.08. The van der Waals surface area contributed by atoms with Crippen molar-refractivity contribution in [3.05, 3.63) is 83.7 Å². The Morgan fingerprint density at radius 1 is 1.09 bits per heavy atom. The molecule has 112 valence electrons. The van der Waals surface area contributed by atoms with Crippen LogP contribution in [0.25, 0.3) is 11.6 Å². The average Bonchev–Trinajstić information content (AvgIpc) is 2.54. The first kappa shape index (κ1) is 15.7. The minimum Gasteiger partial charge on any atom is -0.462 e. The lowest BCUT2D eigenvalue weighted by atomic mass is 10.0. The van der Waals surface area contributed by atoms with Gasteiger partial charge in [-0.3, -0.25) is 0 Å². The minimum atomic E-state index is -0.537. The van der Waals surface area contributed by atoms with E-state index < -0.39 is 11.8 Å². The molecule has 22 heavy (non-hydrogen) atoms. The van der Waals surface area contributed by atoms with Crippen molar-refractivity contribution < 1.29 is 13.9 Å². The molecule has 2 aromatic carbocycles. The van der Waals surface area contributed by atoms with E-state index in [1.54, 1.807) is 37.3 Å². The van der Waals surface area contributed by atoms with Crippen LogP contribution in [0.2, 0.25) is 0 Å². The third-order valence-corrected chi connectivity index (χ3v) is 3.01. The third-order valence-electron chi connectivity index (χ3n) is 3.01. The molecule has 0 bridgehead atoms. The van der Waals surface area contributed by atoms with Crippen LogP contribution >= 0.6 is 0 Å². The molecule has 0 radical (unpaired) electrons. The summed E-state index contributed by atoms with van der Waals surface area (Å²) >= 11 is 0. The van der Waals surface area contributed by atoms with Gasteiger partial charge in [-0.25, -0.2) is 9.18 Å². The first-order chi connectivity index (χ1) is 10.7. The highest BCUT2D eigenvalue weighted by Crippen LogP contribution is 2.20. The molecule has 2 aromatic rings. The van der Waals surface area contributed by atoms with Crippen LogP contribution in [-0.2, 0) is 9.53 Å². The number of rotatable bonds is 5. The van der Waals surface area contributed by atoms with Gasteiger partial charge in [-0.15, -0.1) is 0 Å². The molecule has 0 fully saturated rings. The van der Waals surface area contributed by atoms with Gasteiger partial charge in [0.1, 0.15) is 5.82 Å². The number of carbonyl (C=O) groups is 1. The zero-order valence-corrected chi connectivity index (χ0v) is 12.3. The van der Waals surface area contributed by atoms with Gasteiger partial charge in [0.25, 0.3) is 0 Å². The van der Waals surface area contributed by atoms with E-state index in [4.69, 9.17) is 4.74 Å². The van der Waals surface area contributed by atoms with Crippen molar-refractivity contribution in [2.24, 2.45) is 0 Å². The molecule has 0 unspecified atom stereocenters. The van der Waals surface area contributed by atoms with Crippen LogP contribution in [0.15, 0.2) is 66.7 Å². The lowest BCUT2D eigenvalue weighted by Gasteiger charge is -2.07. The quantitative estimate of drug-likeness (QED) is 0.462. The summed E-state index contributed by atoms with van der Waals surface area (Å²) in [7, 11) is 0. The molecule has 2 rings (SSSR count). The van der Waals surface area contributed by atoms with Crippen LogP contribution in [0.1, 0.15) is 18.1 Å². The van der Waals surface area contributed by atoms with Crippen molar-refractivity contribution >= 4 is 17.6 Å². The fourth-order valence-electron chi connectivity index (χ4n) is 1.98. The Morgan fingerprint density at radius 3 is 2.45 bits per heavy atom. The van der Waals surface area contributed by atoms with Crippen molar-refractivity contribution in [1.29, 1.82) is 0 Å². The smallest absolute Gasteiger partial charge is 0.338 e. The van der Waals surface area contributed by atoms with Gasteiger partial charge < -0.3 is 4.74 Å². The molecule has 0 spiro atoms. The largest absolute Gasteiger partial charge is 0.462 e. The van der Waals surface area contributed by atoms with Crippen molar-refractivity contribution in [3.63, 3.8) is 0 Å². The standard InChI is InChI=1S/C19H17FO2/c1-2-22-19(21)17(16-12-6-7-14-18(16)20)13-8-11-15-9-4-3-5-10-15/h3-14H,2H2,1H3/b11-8+,17-13+. The summed E-state index contributed by atoms with van der Waals surface area (Å²) in [5.74, 6) is -0.986. The summed E-state index contributed by atoms with van der Waals surface area (Å²) in [6, 6.07) is 15.8. The summed E-state index contributed by atoms with van der Waals surface area (Å²) in [5, 5.41) is 0.